The van der Waals surface area contributed by atoms with Crippen LogP contribution in [0.2, 0.25) is 0 Å². The third-order valence-corrected chi connectivity index (χ3v) is 5.43. The number of hydrogen-bond donors (Lipinski definition) is 1. The molecule has 0 heterocycles. The van der Waals surface area contributed by atoms with Crippen LogP contribution in [0.15, 0.2) is 76.5 Å². The fraction of sp³-hybridized carbons (Fsp3) is 0. The summed E-state index contributed by atoms with van der Waals surface area (Å²) in [5, 5.41) is 1.10. The van der Waals surface area contributed by atoms with Gasteiger partial charge in [0, 0.05) is 0 Å². The first kappa shape index (κ1) is 16.4. The minimum atomic E-state index is -4.30. The van der Waals surface area contributed by atoms with Crippen molar-refractivity contribution in [2.75, 3.05) is 0 Å². The van der Waals surface area contributed by atoms with Crippen molar-refractivity contribution in [3.8, 4) is 5.75 Å². The van der Waals surface area contributed by atoms with Gasteiger partial charge in [-0.15, -0.1) is 0 Å². The molecule has 6 nitrogen and oxygen atoms in total. The van der Waals surface area contributed by atoms with Gasteiger partial charge in [-0.3, -0.25) is 4.55 Å². The molecule has 3 rings (SSSR count). The van der Waals surface area contributed by atoms with Gasteiger partial charge in [0.15, 0.2) is 0 Å². The normalized spacial score (nSPS) is 12.2. The molecule has 3 aromatic rings. The zero-order valence-electron chi connectivity index (χ0n) is 12.2. The van der Waals surface area contributed by atoms with Crippen molar-refractivity contribution >= 4 is 31.0 Å². The van der Waals surface area contributed by atoms with Gasteiger partial charge >= 0.3 is 10.1 Å². The number of fused-ring (bicyclic) bond motifs is 1. The molecular weight excluding hydrogens is 352 g/mol. The highest BCUT2D eigenvalue weighted by atomic mass is 32.2. The van der Waals surface area contributed by atoms with Crippen LogP contribution in [0.25, 0.3) is 10.8 Å². The monoisotopic (exact) mass is 364 g/mol. The van der Waals surface area contributed by atoms with E-state index in [2.05, 4.69) is 0 Å². The summed E-state index contributed by atoms with van der Waals surface area (Å²) in [6, 6.07) is 16.1. The third-order valence-electron chi connectivity index (χ3n) is 3.32. The summed E-state index contributed by atoms with van der Waals surface area (Å²) < 4.78 is 60.8. The van der Waals surface area contributed by atoms with E-state index in [1.165, 1.54) is 48.5 Å². The Morgan fingerprint density at radius 2 is 1.33 bits per heavy atom. The molecule has 0 spiro atoms. The molecule has 0 amide bonds. The molecule has 3 aromatic carbocycles. The highest BCUT2D eigenvalue weighted by molar-refractivity contribution is 7.87. The summed E-state index contributed by atoms with van der Waals surface area (Å²) in [5.41, 5.74) is 0. The second-order valence-electron chi connectivity index (χ2n) is 5.00. The van der Waals surface area contributed by atoms with Crippen LogP contribution in [-0.2, 0) is 20.2 Å². The summed E-state index contributed by atoms with van der Waals surface area (Å²) in [5.74, 6) is 0.103. The van der Waals surface area contributed by atoms with Crippen molar-refractivity contribution in [1.29, 1.82) is 0 Å². The van der Waals surface area contributed by atoms with E-state index in [4.69, 9.17) is 8.74 Å². The summed E-state index contributed by atoms with van der Waals surface area (Å²) >= 11 is 0. The Labute approximate surface area is 139 Å². The van der Waals surface area contributed by atoms with E-state index in [0.717, 1.165) is 0 Å². The fourth-order valence-electron chi connectivity index (χ4n) is 2.18. The quantitative estimate of drug-likeness (QED) is 0.565. The zero-order valence-corrected chi connectivity index (χ0v) is 13.8. The van der Waals surface area contributed by atoms with E-state index in [1.807, 2.05) is 0 Å². The highest BCUT2D eigenvalue weighted by Crippen LogP contribution is 2.26. The van der Waals surface area contributed by atoms with Gasteiger partial charge in [0.1, 0.15) is 10.6 Å². The van der Waals surface area contributed by atoms with Crippen molar-refractivity contribution in [2.24, 2.45) is 0 Å². The molecule has 124 valence electrons. The van der Waals surface area contributed by atoms with Gasteiger partial charge in [-0.2, -0.15) is 16.8 Å². The minimum Gasteiger partial charge on any atom is -0.379 e. The molecule has 24 heavy (non-hydrogen) atoms. The van der Waals surface area contributed by atoms with E-state index < -0.39 is 20.2 Å². The summed E-state index contributed by atoms with van der Waals surface area (Å²) in [6.45, 7) is 0. The van der Waals surface area contributed by atoms with Crippen LogP contribution in [0, 0.1) is 0 Å². The topological polar surface area (TPSA) is 97.7 Å². The Bertz CT molecular complexity index is 1100. The predicted octanol–water partition coefficient (Wildman–Crippen LogP) is 2.85. The Balaban J connectivity index is 1.97. The Morgan fingerprint density at radius 1 is 0.708 bits per heavy atom. The van der Waals surface area contributed by atoms with Gasteiger partial charge in [-0.05, 0) is 47.2 Å². The van der Waals surface area contributed by atoms with E-state index in [0.29, 0.717) is 10.8 Å². The van der Waals surface area contributed by atoms with E-state index >= 15 is 0 Å². The molecule has 0 radical (unpaired) electrons. The van der Waals surface area contributed by atoms with Crippen LogP contribution < -0.4 is 4.18 Å². The van der Waals surface area contributed by atoms with E-state index in [-0.39, 0.29) is 15.5 Å². The second kappa shape index (κ2) is 5.90. The van der Waals surface area contributed by atoms with Gasteiger partial charge in [-0.1, -0.05) is 30.3 Å². The van der Waals surface area contributed by atoms with Crippen molar-refractivity contribution in [1.82, 2.24) is 0 Å². The summed E-state index contributed by atoms with van der Waals surface area (Å²) in [6.07, 6.45) is 0. The average molecular weight is 364 g/mol. The first-order valence-electron chi connectivity index (χ1n) is 6.77. The molecule has 1 N–H and O–H groups in total. The van der Waals surface area contributed by atoms with Gasteiger partial charge in [0.25, 0.3) is 10.1 Å². The Morgan fingerprint density at radius 3 is 2.00 bits per heavy atom. The molecule has 0 aliphatic rings. The van der Waals surface area contributed by atoms with Crippen molar-refractivity contribution in [3.05, 3.63) is 66.7 Å². The van der Waals surface area contributed by atoms with Gasteiger partial charge < -0.3 is 4.18 Å². The van der Waals surface area contributed by atoms with Gasteiger partial charge in [0.05, 0.1) is 4.90 Å². The van der Waals surface area contributed by atoms with Gasteiger partial charge in [0.2, 0.25) is 0 Å². The molecule has 0 saturated carbocycles. The molecule has 0 aliphatic carbocycles. The van der Waals surface area contributed by atoms with Crippen LogP contribution in [0.1, 0.15) is 0 Å². The first-order chi connectivity index (χ1) is 11.3. The standard InChI is InChI=1S/C16H12O6S2/c17-23(18,19)16-9-7-12-10-14(8-6-13(12)11-16)22-24(20,21)15-4-2-1-3-5-15/h1-11H,(H,17,18,19). The van der Waals surface area contributed by atoms with Gasteiger partial charge in [-0.25, -0.2) is 0 Å². The van der Waals surface area contributed by atoms with Crippen molar-refractivity contribution in [2.45, 2.75) is 9.79 Å². The number of hydrogen-bond acceptors (Lipinski definition) is 5. The largest absolute Gasteiger partial charge is 0.379 e. The lowest BCUT2D eigenvalue weighted by atomic mass is 10.1. The number of benzene rings is 3. The summed E-state index contributed by atoms with van der Waals surface area (Å²) in [7, 11) is -8.25. The maximum absolute atomic E-state index is 12.2. The smallest absolute Gasteiger partial charge is 0.339 e. The third kappa shape index (κ3) is 3.40. The van der Waals surface area contributed by atoms with Crippen LogP contribution in [0.5, 0.6) is 5.75 Å². The average Bonchev–Trinajstić information content (AvgIpc) is 2.54. The molecule has 0 aromatic heterocycles. The molecule has 0 saturated heterocycles. The lowest BCUT2D eigenvalue weighted by molar-refractivity contribution is 0.482. The molecular formula is C16H12O6S2. The SMILES string of the molecule is O=S(=O)(O)c1ccc2cc(OS(=O)(=O)c3ccccc3)ccc2c1. The van der Waals surface area contributed by atoms with Crippen LogP contribution in [0.4, 0.5) is 0 Å². The lowest BCUT2D eigenvalue weighted by Crippen LogP contribution is -2.09. The Hall–Kier alpha value is -2.42. The molecule has 8 heteroatoms. The van der Waals surface area contributed by atoms with Crippen molar-refractivity contribution in [3.63, 3.8) is 0 Å². The second-order valence-corrected chi connectivity index (χ2v) is 7.96. The Kier molecular flexibility index (Phi) is 4.04. The zero-order chi connectivity index (χ0) is 17.4. The maximum Gasteiger partial charge on any atom is 0.339 e. The minimum absolute atomic E-state index is 0.0341. The molecule has 0 aliphatic heterocycles. The lowest BCUT2D eigenvalue weighted by Gasteiger charge is -2.08. The molecule has 0 fully saturated rings. The molecule has 0 unspecified atom stereocenters. The van der Waals surface area contributed by atoms with E-state index in [9.17, 15) is 16.8 Å². The maximum atomic E-state index is 12.2. The first-order valence-corrected chi connectivity index (χ1v) is 9.61. The van der Waals surface area contributed by atoms with Crippen LogP contribution in [0.3, 0.4) is 0 Å². The van der Waals surface area contributed by atoms with Crippen molar-refractivity contribution < 1.29 is 25.6 Å². The fourth-order valence-corrected chi connectivity index (χ4v) is 3.64. The number of rotatable bonds is 4. The summed E-state index contributed by atoms with van der Waals surface area (Å²) in [4.78, 5) is -0.201. The highest BCUT2D eigenvalue weighted by Gasteiger charge is 2.16. The molecule has 0 atom stereocenters. The van der Waals surface area contributed by atoms with E-state index in [1.54, 1.807) is 18.2 Å². The van der Waals surface area contributed by atoms with Crippen LogP contribution >= 0.6 is 0 Å². The molecule has 0 bridgehead atoms. The predicted molar refractivity (Wildman–Crippen MR) is 88.0 cm³/mol. The van der Waals surface area contributed by atoms with Crippen LogP contribution in [-0.4, -0.2) is 21.4 Å².